The number of anilines is 1. The number of carbonyl (C=O) groups excluding carboxylic acids is 2. The van der Waals surface area contributed by atoms with Gasteiger partial charge < -0.3 is 14.8 Å². The molecule has 0 bridgehead atoms. The quantitative estimate of drug-likeness (QED) is 0.484. The third kappa shape index (κ3) is 4.15. The Morgan fingerprint density at radius 2 is 2.00 bits per heavy atom. The van der Waals surface area contributed by atoms with Crippen molar-refractivity contribution in [3.8, 4) is 5.75 Å². The SMILES string of the molecule is O=C(CC[C@H]1Oc2cc([N+](=O)[O-])ccc2NC1=O)OCc1ccccc1. The first-order chi connectivity index (χ1) is 12.5. The summed E-state index contributed by atoms with van der Waals surface area (Å²) in [5, 5.41) is 13.5. The topological polar surface area (TPSA) is 108 Å². The van der Waals surface area contributed by atoms with Crippen LogP contribution in [-0.4, -0.2) is 22.9 Å². The maximum atomic E-state index is 12.0. The molecule has 8 nitrogen and oxygen atoms in total. The molecule has 2 aromatic rings. The van der Waals surface area contributed by atoms with E-state index in [0.717, 1.165) is 5.56 Å². The van der Waals surface area contributed by atoms with Crippen molar-refractivity contribution in [3.63, 3.8) is 0 Å². The summed E-state index contributed by atoms with van der Waals surface area (Å²) < 4.78 is 10.7. The Morgan fingerprint density at radius 3 is 2.73 bits per heavy atom. The number of fused-ring (bicyclic) bond motifs is 1. The number of hydrogen-bond donors (Lipinski definition) is 1. The highest BCUT2D eigenvalue weighted by atomic mass is 16.6. The van der Waals surface area contributed by atoms with Gasteiger partial charge in [0.2, 0.25) is 0 Å². The van der Waals surface area contributed by atoms with Gasteiger partial charge in [-0.05, 0) is 11.6 Å². The average molecular weight is 356 g/mol. The monoisotopic (exact) mass is 356 g/mol. The zero-order valence-corrected chi connectivity index (χ0v) is 13.7. The zero-order valence-electron chi connectivity index (χ0n) is 13.7. The predicted octanol–water partition coefficient (Wildman–Crippen LogP) is 2.82. The number of nitrogens with one attached hydrogen (secondary N) is 1. The Hall–Kier alpha value is -3.42. The van der Waals surface area contributed by atoms with Crippen LogP contribution < -0.4 is 10.1 Å². The third-order valence-electron chi connectivity index (χ3n) is 3.85. The highest BCUT2D eigenvalue weighted by Gasteiger charge is 2.29. The van der Waals surface area contributed by atoms with Gasteiger partial charge in [0.05, 0.1) is 16.7 Å². The molecule has 134 valence electrons. The van der Waals surface area contributed by atoms with Gasteiger partial charge in [-0.1, -0.05) is 30.3 Å². The molecule has 0 saturated heterocycles. The molecule has 3 rings (SSSR count). The van der Waals surface area contributed by atoms with Crippen molar-refractivity contribution < 1.29 is 24.0 Å². The van der Waals surface area contributed by atoms with Crippen LogP contribution in [0.5, 0.6) is 5.75 Å². The van der Waals surface area contributed by atoms with E-state index in [9.17, 15) is 19.7 Å². The van der Waals surface area contributed by atoms with E-state index in [4.69, 9.17) is 9.47 Å². The van der Waals surface area contributed by atoms with Crippen LogP contribution in [0.3, 0.4) is 0 Å². The summed E-state index contributed by atoms with van der Waals surface area (Å²) in [6.07, 6.45) is -0.801. The van der Waals surface area contributed by atoms with Gasteiger partial charge in [0.1, 0.15) is 6.61 Å². The number of nitrogens with zero attached hydrogens (tertiary/aromatic N) is 1. The molecule has 0 aliphatic carbocycles. The molecule has 0 unspecified atom stereocenters. The molecule has 0 aromatic heterocycles. The van der Waals surface area contributed by atoms with Crippen molar-refractivity contribution in [2.24, 2.45) is 0 Å². The minimum Gasteiger partial charge on any atom is -0.478 e. The number of esters is 1. The van der Waals surface area contributed by atoms with Crippen molar-refractivity contribution in [3.05, 3.63) is 64.2 Å². The first-order valence-corrected chi connectivity index (χ1v) is 7.98. The number of ether oxygens (including phenoxy) is 2. The van der Waals surface area contributed by atoms with Crippen molar-refractivity contribution in [1.29, 1.82) is 0 Å². The van der Waals surface area contributed by atoms with Gasteiger partial charge in [-0.2, -0.15) is 0 Å². The van der Waals surface area contributed by atoms with Gasteiger partial charge in [-0.3, -0.25) is 19.7 Å². The van der Waals surface area contributed by atoms with E-state index in [-0.39, 0.29) is 30.9 Å². The molecule has 1 aliphatic heterocycles. The lowest BCUT2D eigenvalue weighted by Gasteiger charge is -2.25. The molecule has 2 aromatic carbocycles. The molecule has 1 N–H and O–H groups in total. The number of amides is 1. The molecule has 1 amide bonds. The van der Waals surface area contributed by atoms with Gasteiger partial charge in [0.25, 0.3) is 11.6 Å². The number of nitro benzene ring substituents is 1. The summed E-state index contributed by atoms with van der Waals surface area (Å²) in [5.74, 6) is -0.640. The molecule has 1 aliphatic rings. The van der Waals surface area contributed by atoms with Gasteiger partial charge in [-0.15, -0.1) is 0 Å². The molecule has 0 saturated carbocycles. The molecule has 0 radical (unpaired) electrons. The molecule has 1 heterocycles. The Balaban J connectivity index is 1.55. The lowest BCUT2D eigenvalue weighted by Crippen LogP contribution is -2.37. The van der Waals surface area contributed by atoms with Crippen LogP contribution in [-0.2, 0) is 20.9 Å². The number of carbonyl (C=O) groups is 2. The fourth-order valence-corrected chi connectivity index (χ4v) is 2.49. The molecule has 1 atom stereocenters. The minimum absolute atomic E-state index is 0.00478. The number of benzene rings is 2. The predicted molar refractivity (Wildman–Crippen MR) is 91.6 cm³/mol. The molecule has 0 spiro atoms. The van der Waals surface area contributed by atoms with Crippen LogP contribution in [0, 0.1) is 10.1 Å². The molecule has 26 heavy (non-hydrogen) atoms. The fraction of sp³-hybridized carbons (Fsp3) is 0.222. The van der Waals surface area contributed by atoms with Crippen LogP contribution >= 0.6 is 0 Å². The summed E-state index contributed by atoms with van der Waals surface area (Å²) >= 11 is 0. The zero-order chi connectivity index (χ0) is 18.5. The molecule has 8 heteroatoms. The van der Waals surface area contributed by atoms with E-state index in [2.05, 4.69) is 5.32 Å². The number of hydrogen-bond acceptors (Lipinski definition) is 6. The fourth-order valence-electron chi connectivity index (χ4n) is 2.49. The smallest absolute Gasteiger partial charge is 0.306 e. The molecular weight excluding hydrogens is 340 g/mol. The van der Waals surface area contributed by atoms with Crippen LogP contribution in [0.15, 0.2) is 48.5 Å². The lowest BCUT2D eigenvalue weighted by atomic mass is 10.1. The van der Waals surface area contributed by atoms with Crippen molar-refractivity contribution >= 4 is 23.3 Å². The summed E-state index contributed by atoms with van der Waals surface area (Å²) in [6, 6.07) is 13.2. The Morgan fingerprint density at radius 1 is 1.23 bits per heavy atom. The maximum Gasteiger partial charge on any atom is 0.306 e. The standard InChI is InChI=1S/C18H16N2O6/c21-17(25-11-12-4-2-1-3-5-12)9-8-15-18(22)19-14-7-6-13(20(23)24)10-16(14)26-15/h1-7,10,15H,8-9,11H2,(H,19,22)/t15-/m1/s1. The summed E-state index contributed by atoms with van der Waals surface area (Å²) in [6.45, 7) is 0.159. The first-order valence-electron chi connectivity index (χ1n) is 7.98. The van der Waals surface area contributed by atoms with E-state index in [0.29, 0.717) is 5.69 Å². The van der Waals surface area contributed by atoms with Gasteiger partial charge in [0.15, 0.2) is 11.9 Å². The van der Waals surface area contributed by atoms with Crippen molar-refractivity contribution in [2.45, 2.75) is 25.6 Å². The van der Waals surface area contributed by atoms with E-state index in [1.807, 2.05) is 30.3 Å². The summed E-state index contributed by atoms with van der Waals surface area (Å²) in [4.78, 5) is 34.2. The second-order valence-corrected chi connectivity index (χ2v) is 5.72. The molecular formula is C18H16N2O6. The highest BCUT2D eigenvalue weighted by molar-refractivity contribution is 5.98. The Labute approximate surface area is 148 Å². The highest BCUT2D eigenvalue weighted by Crippen LogP contribution is 2.33. The number of nitro groups is 1. The Kier molecular flexibility index (Phi) is 5.12. The van der Waals surface area contributed by atoms with Crippen LogP contribution in [0.1, 0.15) is 18.4 Å². The van der Waals surface area contributed by atoms with Gasteiger partial charge in [-0.25, -0.2) is 0 Å². The lowest BCUT2D eigenvalue weighted by molar-refractivity contribution is -0.384. The minimum atomic E-state index is -0.909. The second-order valence-electron chi connectivity index (χ2n) is 5.72. The van der Waals surface area contributed by atoms with Crippen molar-refractivity contribution in [1.82, 2.24) is 0 Å². The third-order valence-corrected chi connectivity index (χ3v) is 3.85. The van der Waals surface area contributed by atoms with Crippen LogP contribution in [0.4, 0.5) is 11.4 Å². The second kappa shape index (κ2) is 7.64. The number of rotatable bonds is 6. The first kappa shape index (κ1) is 17.4. The van der Waals surface area contributed by atoms with E-state index < -0.39 is 22.9 Å². The normalized spacial score (nSPS) is 15.4. The van der Waals surface area contributed by atoms with Crippen LogP contribution in [0.2, 0.25) is 0 Å². The van der Waals surface area contributed by atoms with E-state index in [1.54, 1.807) is 0 Å². The largest absolute Gasteiger partial charge is 0.478 e. The van der Waals surface area contributed by atoms with Gasteiger partial charge >= 0.3 is 5.97 Å². The molecule has 0 fully saturated rings. The van der Waals surface area contributed by atoms with E-state index in [1.165, 1.54) is 18.2 Å². The van der Waals surface area contributed by atoms with E-state index >= 15 is 0 Å². The average Bonchev–Trinajstić information content (AvgIpc) is 2.65. The number of non-ortho nitro benzene ring substituents is 1. The summed E-state index contributed by atoms with van der Waals surface area (Å²) in [5.41, 5.74) is 1.10. The van der Waals surface area contributed by atoms with Crippen LogP contribution in [0.25, 0.3) is 0 Å². The van der Waals surface area contributed by atoms with Crippen molar-refractivity contribution in [2.75, 3.05) is 5.32 Å². The van der Waals surface area contributed by atoms with Gasteiger partial charge in [0, 0.05) is 18.9 Å². The summed E-state index contributed by atoms with van der Waals surface area (Å²) in [7, 11) is 0. The Bertz CT molecular complexity index is 837. The maximum absolute atomic E-state index is 12.0.